The number of aryl methyl sites for hydroxylation is 1. The topological polar surface area (TPSA) is 50.1 Å². The summed E-state index contributed by atoms with van der Waals surface area (Å²) in [6, 6.07) is 4.22. The number of imidazole rings is 1. The minimum Gasteiger partial charge on any atom is -0.391 e. The summed E-state index contributed by atoms with van der Waals surface area (Å²) < 4.78 is 3.21. The number of aliphatic hydroxyl groups is 1. The minimum atomic E-state index is -0.271. The third-order valence-electron chi connectivity index (χ3n) is 4.10. The lowest BCUT2D eigenvalue weighted by Crippen LogP contribution is -2.43. The minimum absolute atomic E-state index is 0.0735. The molecule has 0 amide bonds. The van der Waals surface area contributed by atoms with Crippen LogP contribution in [0, 0.1) is 6.92 Å². The fraction of sp³-hybridized carbons (Fsp3) is 0.438. The van der Waals surface area contributed by atoms with Crippen LogP contribution in [-0.2, 0) is 6.54 Å². The number of nitrogens with zero attached hydrogens (tertiary/aromatic N) is 2. The molecule has 3 rings (SSSR count). The van der Waals surface area contributed by atoms with Crippen LogP contribution in [0.2, 0.25) is 0 Å². The predicted octanol–water partition coefficient (Wildman–Crippen LogP) is 2.78. The van der Waals surface area contributed by atoms with E-state index in [2.05, 4.69) is 62.0 Å². The van der Waals surface area contributed by atoms with Gasteiger partial charge < -0.3 is 15.0 Å². The maximum atomic E-state index is 9.93. The zero-order valence-corrected chi connectivity index (χ0v) is 13.7. The number of aliphatic hydroxyl groups excluding tert-OH is 1. The van der Waals surface area contributed by atoms with E-state index in [1.807, 2.05) is 6.33 Å². The third kappa shape index (κ3) is 3.05. The number of nitrogens with one attached hydrogen (secondary N) is 1. The van der Waals surface area contributed by atoms with Crippen LogP contribution in [0.25, 0.3) is 11.0 Å². The zero-order chi connectivity index (χ0) is 14.8. The smallest absolute Gasteiger partial charge is 0.0961 e. The van der Waals surface area contributed by atoms with Crippen molar-refractivity contribution in [2.75, 3.05) is 6.54 Å². The lowest BCUT2D eigenvalue weighted by Gasteiger charge is -2.26. The molecule has 0 spiro atoms. The Morgan fingerprint density at radius 3 is 3.19 bits per heavy atom. The largest absolute Gasteiger partial charge is 0.391 e. The molecule has 0 unspecified atom stereocenters. The van der Waals surface area contributed by atoms with Crippen molar-refractivity contribution >= 4 is 27.0 Å². The highest BCUT2D eigenvalue weighted by atomic mass is 79.9. The molecule has 5 heteroatoms. The van der Waals surface area contributed by atoms with E-state index in [0.29, 0.717) is 0 Å². The van der Waals surface area contributed by atoms with Gasteiger partial charge in [0, 0.05) is 11.0 Å². The quantitative estimate of drug-likeness (QED) is 0.837. The number of allylic oxidation sites excluding steroid dienone is 1. The molecule has 1 saturated heterocycles. The number of halogens is 1. The Hall–Kier alpha value is -1.17. The summed E-state index contributed by atoms with van der Waals surface area (Å²) in [6.07, 6.45) is 7.70. The van der Waals surface area contributed by atoms with Gasteiger partial charge in [0.05, 0.1) is 29.5 Å². The Bertz CT molecular complexity index is 665. The summed E-state index contributed by atoms with van der Waals surface area (Å²) in [6.45, 7) is 3.82. The van der Waals surface area contributed by atoms with Gasteiger partial charge in [0.25, 0.3) is 0 Å². The van der Waals surface area contributed by atoms with Crippen LogP contribution in [0.15, 0.2) is 35.1 Å². The van der Waals surface area contributed by atoms with Crippen molar-refractivity contribution in [1.29, 1.82) is 0 Å². The average molecular weight is 350 g/mol. The molecular weight excluding hydrogens is 330 g/mol. The molecule has 2 N–H and O–H groups in total. The first kappa shape index (κ1) is 14.8. The third-order valence-corrected chi connectivity index (χ3v) is 4.96. The van der Waals surface area contributed by atoms with Crippen molar-refractivity contribution in [1.82, 2.24) is 14.9 Å². The number of fused-ring (bicyclic) bond motifs is 1. The summed E-state index contributed by atoms with van der Waals surface area (Å²) in [4.78, 5) is 4.49. The summed E-state index contributed by atoms with van der Waals surface area (Å²) >= 11 is 3.54. The number of benzene rings is 1. The Kier molecular flexibility index (Phi) is 4.42. The lowest BCUT2D eigenvalue weighted by atomic mass is 10.0. The molecule has 2 atom stereocenters. The normalized spacial score (nSPS) is 23.2. The van der Waals surface area contributed by atoms with Gasteiger partial charge in [0.1, 0.15) is 0 Å². The Morgan fingerprint density at radius 2 is 2.38 bits per heavy atom. The number of hydrogen-bond acceptors (Lipinski definition) is 3. The predicted molar refractivity (Wildman–Crippen MR) is 88.3 cm³/mol. The van der Waals surface area contributed by atoms with Crippen molar-refractivity contribution in [3.8, 4) is 0 Å². The monoisotopic (exact) mass is 349 g/mol. The number of piperidine rings is 1. The van der Waals surface area contributed by atoms with Gasteiger partial charge in [-0.3, -0.25) is 0 Å². The standard InChI is InChI=1S/C16H20BrN3O/c1-11-12(17)6-7-14-16(11)19-10-20(14)9-3-4-13-15(21)5-2-8-18-13/h3-4,6-7,10,13,15,18,21H,2,5,8-9H2,1H3/b4-3+/t13-,15+/m1/s1. The highest BCUT2D eigenvalue weighted by Gasteiger charge is 2.19. The van der Waals surface area contributed by atoms with Crippen LogP contribution in [0.4, 0.5) is 0 Å². The van der Waals surface area contributed by atoms with Crippen molar-refractivity contribution in [3.05, 3.63) is 40.6 Å². The maximum absolute atomic E-state index is 9.93. The molecule has 1 fully saturated rings. The molecule has 2 heterocycles. The highest BCUT2D eigenvalue weighted by molar-refractivity contribution is 9.10. The molecular formula is C16H20BrN3O. The van der Waals surface area contributed by atoms with Gasteiger partial charge in [0.2, 0.25) is 0 Å². The number of rotatable bonds is 3. The molecule has 0 saturated carbocycles. The SMILES string of the molecule is Cc1c(Br)ccc2c1ncn2C/C=C/[C@H]1NCCC[C@@H]1O. The van der Waals surface area contributed by atoms with Gasteiger partial charge in [0.15, 0.2) is 0 Å². The summed E-state index contributed by atoms with van der Waals surface area (Å²) in [5.41, 5.74) is 3.34. The van der Waals surface area contributed by atoms with E-state index in [1.54, 1.807) is 0 Å². The van der Waals surface area contributed by atoms with Crippen molar-refractivity contribution in [3.63, 3.8) is 0 Å². The molecule has 1 aliphatic heterocycles. The molecule has 0 aliphatic carbocycles. The van der Waals surface area contributed by atoms with E-state index in [0.717, 1.165) is 41.4 Å². The summed E-state index contributed by atoms with van der Waals surface area (Å²) in [5.74, 6) is 0. The van der Waals surface area contributed by atoms with Crippen LogP contribution in [0.1, 0.15) is 18.4 Å². The number of hydrogen-bond donors (Lipinski definition) is 2. The second-order valence-corrected chi connectivity index (χ2v) is 6.41. The van der Waals surface area contributed by atoms with Crippen molar-refractivity contribution < 1.29 is 5.11 Å². The van der Waals surface area contributed by atoms with Crippen LogP contribution in [0.5, 0.6) is 0 Å². The van der Waals surface area contributed by atoms with Crippen LogP contribution in [-0.4, -0.2) is 33.3 Å². The molecule has 0 bridgehead atoms. The van der Waals surface area contributed by atoms with E-state index in [1.165, 1.54) is 5.56 Å². The lowest BCUT2D eigenvalue weighted by molar-refractivity contribution is 0.115. The Labute approximate surface area is 133 Å². The van der Waals surface area contributed by atoms with Crippen LogP contribution >= 0.6 is 15.9 Å². The van der Waals surface area contributed by atoms with Gasteiger partial charge in [-0.2, -0.15) is 0 Å². The second kappa shape index (κ2) is 6.30. The fourth-order valence-electron chi connectivity index (χ4n) is 2.80. The van der Waals surface area contributed by atoms with Crippen molar-refractivity contribution in [2.45, 2.75) is 38.5 Å². The Balaban J connectivity index is 1.75. The van der Waals surface area contributed by atoms with Gasteiger partial charge >= 0.3 is 0 Å². The van der Waals surface area contributed by atoms with E-state index < -0.39 is 0 Å². The first-order valence-corrected chi connectivity index (χ1v) is 8.14. The summed E-state index contributed by atoms with van der Waals surface area (Å²) in [5, 5.41) is 13.3. The molecule has 4 nitrogen and oxygen atoms in total. The van der Waals surface area contributed by atoms with E-state index in [-0.39, 0.29) is 12.1 Å². The molecule has 112 valence electrons. The molecule has 1 aromatic carbocycles. The van der Waals surface area contributed by atoms with Crippen LogP contribution < -0.4 is 5.32 Å². The van der Waals surface area contributed by atoms with Gasteiger partial charge in [-0.05, 0) is 44.0 Å². The number of aromatic nitrogens is 2. The first-order chi connectivity index (χ1) is 10.2. The highest BCUT2D eigenvalue weighted by Crippen LogP contribution is 2.24. The first-order valence-electron chi connectivity index (χ1n) is 7.35. The molecule has 1 aliphatic rings. The molecule has 2 aromatic rings. The van der Waals surface area contributed by atoms with Crippen LogP contribution in [0.3, 0.4) is 0 Å². The molecule has 1 aromatic heterocycles. The second-order valence-electron chi connectivity index (χ2n) is 5.55. The van der Waals surface area contributed by atoms with E-state index in [4.69, 9.17) is 0 Å². The van der Waals surface area contributed by atoms with Gasteiger partial charge in [-0.25, -0.2) is 4.98 Å². The fourth-order valence-corrected chi connectivity index (χ4v) is 3.12. The van der Waals surface area contributed by atoms with Gasteiger partial charge in [-0.15, -0.1) is 0 Å². The Morgan fingerprint density at radius 1 is 1.52 bits per heavy atom. The van der Waals surface area contributed by atoms with E-state index in [9.17, 15) is 5.11 Å². The zero-order valence-electron chi connectivity index (χ0n) is 12.1. The maximum Gasteiger partial charge on any atom is 0.0961 e. The van der Waals surface area contributed by atoms with Gasteiger partial charge in [-0.1, -0.05) is 28.1 Å². The molecule has 21 heavy (non-hydrogen) atoms. The van der Waals surface area contributed by atoms with Crippen molar-refractivity contribution in [2.24, 2.45) is 0 Å². The molecule has 0 radical (unpaired) electrons. The van der Waals surface area contributed by atoms with E-state index >= 15 is 0 Å². The average Bonchev–Trinajstić information content (AvgIpc) is 2.89. The summed E-state index contributed by atoms with van der Waals surface area (Å²) in [7, 11) is 0.